The molecule has 0 bridgehead atoms. The van der Waals surface area contributed by atoms with E-state index in [-0.39, 0.29) is 11.8 Å². The molecule has 1 saturated heterocycles. The van der Waals surface area contributed by atoms with Gasteiger partial charge in [-0.2, -0.15) is 0 Å². The van der Waals surface area contributed by atoms with Gasteiger partial charge in [0.2, 0.25) is 5.91 Å². The molecule has 1 aliphatic rings. The highest BCUT2D eigenvalue weighted by Crippen LogP contribution is 2.16. The Hall–Kier alpha value is -1.61. The molecule has 0 saturated carbocycles. The lowest BCUT2D eigenvalue weighted by molar-refractivity contribution is -0.123. The molecule has 3 heteroatoms. The molecule has 108 valence electrons. The number of carbonyl (C=O) groups is 1. The lowest BCUT2D eigenvalue weighted by Crippen LogP contribution is -2.38. The standard InChI is InChI=1S/C17H24N2O/c18-17(20)16-10-13-19(14-11-16)12-6-2-5-9-15-7-3-1-4-8-15/h1-4,6-8,16H,5,9-14H2,(H2,18,20)/b6-2+. The number of hydrogen-bond acceptors (Lipinski definition) is 2. The second kappa shape index (κ2) is 7.85. The molecule has 1 aromatic carbocycles. The van der Waals surface area contributed by atoms with Gasteiger partial charge in [0.05, 0.1) is 0 Å². The minimum atomic E-state index is -0.136. The first-order valence-electron chi connectivity index (χ1n) is 7.46. The Balaban J connectivity index is 1.61. The molecule has 1 aliphatic heterocycles. The molecule has 0 atom stereocenters. The van der Waals surface area contributed by atoms with Gasteiger partial charge in [-0.15, -0.1) is 0 Å². The molecular formula is C17H24N2O. The van der Waals surface area contributed by atoms with E-state index in [2.05, 4.69) is 47.4 Å². The van der Waals surface area contributed by atoms with E-state index in [1.165, 1.54) is 5.56 Å². The summed E-state index contributed by atoms with van der Waals surface area (Å²) in [6.07, 6.45) is 8.50. The Kier molecular flexibility index (Phi) is 5.81. The Morgan fingerprint density at radius 3 is 2.55 bits per heavy atom. The van der Waals surface area contributed by atoms with Crippen molar-refractivity contribution in [3.8, 4) is 0 Å². The molecule has 0 unspecified atom stereocenters. The first-order valence-corrected chi connectivity index (χ1v) is 7.46. The van der Waals surface area contributed by atoms with Crippen molar-refractivity contribution < 1.29 is 4.79 Å². The molecule has 1 heterocycles. The topological polar surface area (TPSA) is 46.3 Å². The van der Waals surface area contributed by atoms with Crippen LogP contribution in [0.1, 0.15) is 24.8 Å². The summed E-state index contributed by atoms with van der Waals surface area (Å²) in [5, 5.41) is 0. The minimum absolute atomic E-state index is 0.0910. The maximum Gasteiger partial charge on any atom is 0.220 e. The number of amides is 1. The monoisotopic (exact) mass is 272 g/mol. The highest BCUT2D eigenvalue weighted by atomic mass is 16.1. The van der Waals surface area contributed by atoms with Crippen molar-refractivity contribution in [1.29, 1.82) is 0 Å². The van der Waals surface area contributed by atoms with E-state index in [0.29, 0.717) is 0 Å². The summed E-state index contributed by atoms with van der Waals surface area (Å²) < 4.78 is 0. The fourth-order valence-corrected chi connectivity index (χ4v) is 2.64. The van der Waals surface area contributed by atoms with Crippen LogP contribution in [0.5, 0.6) is 0 Å². The summed E-state index contributed by atoms with van der Waals surface area (Å²) in [6, 6.07) is 10.6. The number of aryl methyl sites for hydroxylation is 1. The summed E-state index contributed by atoms with van der Waals surface area (Å²) >= 11 is 0. The van der Waals surface area contributed by atoms with Crippen LogP contribution in [0.2, 0.25) is 0 Å². The highest BCUT2D eigenvalue weighted by molar-refractivity contribution is 5.76. The van der Waals surface area contributed by atoms with Crippen LogP contribution < -0.4 is 5.73 Å². The van der Waals surface area contributed by atoms with Crippen molar-refractivity contribution in [2.45, 2.75) is 25.7 Å². The smallest absolute Gasteiger partial charge is 0.220 e. The van der Waals surface area contributed by atoms with Gasteiger partial charge in [0.15, 0.2) is 0 Å². The Morgan fingerprint density at radius 2 is 1.90 bits per heavy atom. The van der Waals surface area contributed by atoms with Crippen LogP contribution in [0.25, 0.3) is 0 Å². The van der Waals surface area contributed by atoms with E-state index >= 15 is 0 Å². The van der Waals surface area contributed by atoms with Crippen LogP contribution in [-0.4, -0.2) is 30.4 Å². The van der Waals surface area contributed by atoms with Gasteiger partial charge in [-0.25, -0.2) is 0 Å². The number of nitrogens with two attached hydrogens (primary N) is 1. The van der Waals surface area contributed by atoms with Crippen molar-refractivity contribution in [2.24, 2.45) is 11.7 Å². The molecule has 0 aliphatic carbocycles. The molecule has 0 radical (unpaired) electrons. The zero-order valence-corrected chi connectivity index (χ0v) is 12.0. The van der Waals surface area contributed by atoms with Crippen LogP contribution in [0.15, 0.2) is 42.5 Å². The molecule has 20 heavy (non-hydrogen) atoms. The van der Waals surface area contributed by atoms with Crippen molar-refractivity contribution in [3.05, 3.63) is 48.0 Å². The largest absolute Gasteiger partial charge is 0.369 e. The third-order valence-electron chi connectivity index (χ3n) is 3.96. The molecule has 1 aromatic rings. The summed E-state index contributed by atoms with van der Waals surface area (Å²) in [6.45, 7) is 2.95. The SMILES string of the molecule is NC(=O)C1CCN(C/C=C/CCc2ccccc2)CC1. The van der Waals surface area contributed by atoms with Gasteiger partial charge < -0.3 is 5.73 Å². The van der Waals surface area contributed by atoms with Gasteiger partial charge in [0, 0.05) is 12.5 Å². The number of piperidine rings is 1. The van der Waals surface area contributed by atoms with E-state index < -0.39 is 0 Å². The average Bonchev–Trinajstić information content (AvgIpc) is 2.48. The van der Waals surface area contributed by atoms with E-state index in [1.807, 2.05) is 0 Å². The zero-order chi connectivity index (χ0) is 14.2. The lowest BCUT2D eigenvalue weighted by atomic mass is 9.96. The second-order valence-electron chi connectivity index (χ2n) is 5.47. The number of rotatable bonds is 6. The molecular weight excluding hydrogens is 248 g/mol. The quantitative estimate of drug-likeness (QED) is 0.808. The van der Waals surface area contributed by atoms with E-state index in [1.54, 1.807) is 0 Å². The first kappa shape index (κ1) is 14.8. The molecule has 1 fully saturated rings. The number of nitrogens with zero attached hydrogens (tertiary/aromatic N) is 1. The van der Waals surface area contributed by atoms with Crippen molar-refractivity contribution in [3.63, 3.8) is 0 Å². The molecule has 0 spiro atoms. The van der Waals surface area contributed by atoms with Gasteiger partial charge in [-0.05, 0) is 44.3 Å². The summed E-state index contributed by atoms with van der Waals surface area (Å²) in [4.78, 5) is 13.5. The Labute approximate surface area is 121 Å². The Bertz CT molecular complexity index is 434. The van der Waals surface area contributed by atoms with Crippen LogP contribution in [-0.2, 0) is 11.2 Å². The molecule has 0 aromatic heterocycles. The highest BCUT2D eigenvalue weighted by Gasteiger charge is 2.21. The molecule has 2 N–H and O–H groups in total. The molecule has 2 rings (SSSR count). The van der Waals surface area contributed by atoms with Crippen LogP contribution >= 0.6 is 0 Å². The van der Waals surface area contributed by atoms with Crippen molar-refractivity contribution >= 4 is 5.91 Å². The van der Waals surface area contributed by atoms with Crippen LogP contribution in [0.3, 0.4) is 0 Å². The number of allylic oxidation sites excluding steroid dienone is 1. The Morgan fingerprint density at radius 1 is 1.20 bits per heavy atom. The van der Waals surface area contributed by atoms with Gasteiger partial charge in [0.1, 0.15) is 0 Å². The maximum absolute atomic E-state index is 11.1. The number of likely N-dealkylation sites (tertiary alicyclic amines) is 1. The summed E-state index contributed by atoms with van der Waals surface area (Å²) in [7, 11) is 0. The minimum Gasteiger partial charge on any atom is -0.369 e. The van der Waals surface area contributed by atoms with Gasteiger partial charge >= 0.3 is 0 Å². The normalized spacial score (nSPS) is 17.6. The third kappa shape index (κ3) is 4.82. The first-order chi connectivity index (χ1) is 9.75. The fraction of sp³-hybridized carbons (Fsp3) is 0.471. The third-order valence-corrected chi connectivity index (χ3v) is 3.96. The van der Waals surface area contributed by atoms with Crippen molar-refractivity contribution in [2.75, 3.05) is 19.6 Å². The fourth-order valence-electron chi connectivity index (χ4n) is 2.64. The van der Waals surface area contributed by atoms with Crippen molar-refractivity contribution in [1.82, 2.24) is 4.90 Å². The summed E-state index contributed by atoms with van der Waals surface area (Å²) in [5.74, 6) is -0.0450. The number of hydrogen-bond donors (Lipinski definition) is 1. The van der Waals surface area contributed by atoms with E-state index in [0.717, 1.165) is 45.3 Å². The van der Waals surface area contributed by atoms with Crippen LogP contribution in [0, 0.1) is 5.92 Å². The second-order valence-corrected chi connectivity index (χ2v) is 5.47. The van der Waals surface area contributed by atoms with E-state index in [4.69, 9.17) is 5.73 Å². The average molecular weight is 272 g/mol. The molecule has 3 nitrogen and oxygen atoms in total. The van der Waals surface area contributed by atoms with Gasteiger partial charge in [0.25, 0.3) is 0 Å². The predicted molar refractivity (Wildman–Crippen MR) is 82.3 cm³/mol. The van der Waals surface area contributed by atoms with E-state index in [9.17, 15) is 4.79 Å². The van der Waals surface area contributed by atoms with Gasteiger partial charge in [-0.3, -0.25) is 9.69 Å². The molecule has 1 amide bonds. The number of benzene rings is 1. The summed E-state index contributed by atoms with van der Waals surface area (Å²) in [5.41, 5.74) is 6.72. The maximum atomic E-state index is 11.1. The zero-order valence-electron chi connectivity index (χ0n) is 12.0. The van der Waals surface area contributed by atoms with Gasteiger partial charge in [-0.1, -0.05) is 42.5 Å². The number of carbonyl (C=O) groups excluding carboxylic acids is 1. The van der Waals surface area contributed by atoms with Crippen LogP contribution in [0.4, 0.5) is 0 Å². The number of primary amides is 1. The lowest BCUT2D eigenvalue weighted by Gasteiger charge is -2.29. The predicted octanol–water partition coefficient (Wildman–Crippen LogP) is 2.37.